The molecule has 0 fully saturated rings. The van der Waals surface area contributed by atoms with Crippen molar-refractivity contribution < 1.29 is 10.1 Å². The van der Waals surface area contributed by atoms with Crippen LogP contribution in [0, 0.1) is 26.2 Å². The fourth-order valence-corrected chi connectivity index (χ4v) is 2.59. The molecule has 22 heavy (non-hydrogen) atoms. The molecule has 0 aliphatic heterocycles. The summed E-state index contributed by atoms with van der Waals surface area (Å²) < 4.78 is 5.33. The fraction of sp³-hybridized carbons (Fsp3) is 0.300. The highest BCUT2D eigenvalue weighted by atomic mass is 16.5. The summed E-state index contributed by atoms with van der Waals surface area (Å²) in [5, 5.41) is 2.33. The first-order valence-corrected chi connectivity index (χ1v) is 7.65. The Morgan fingerprint density at radius 1 is 0.909 bits per heavy atom. The average molecular weight is 294 g/mol. The third-order valence-corrected chi connectivity index (χ3v) is 3.52. The number of nitrogens with two attached hydrogens (primary N) is 1. The van der Waals surface area contributed by atoms with Gasteiger partial charge in [-0.3, -0.25) is 0 Å². The molecule has 0 amide bonds. The third kappa shape index (κ3) is 5.37. The van der Waals surface area contributed by atoms with Crippen LogP contribution in [0.5, 0.6) is 0 Å². The van der Waals surface area contributed by atoms with Crippen molar-refractivity contribution in [3.05, 3.63) is 70.3 Å². The standard InChI is InChI=1S/C20H23NO/c1-4-9-22-15-19-7-5-18(6-8-19)13-21-14-20-11-16(2)10-17(3)12-20/h1,5-8,10-12,21H,9,13-15H2,2-3H3/p+1. The Kier molecular flexibility index (Phi) is 6.21. The molecule has 2 N–H and O–H groups in total. The largest absolute Gasteiger partial charge is 0.364 e. The Morgan fingerprint density at radius 3 is 2.14 bits per heavy atom. The van der Waals surface area contributed by atoms with E-state index in [1.165, 1.54) is 22.3 Å². The molecule has 0 heterocycles. The molecular formula is C20H24NO+. The van der Waals surface area contributed by atoms with Gasteiger partial charge in [0.1, 0.15) is 19.7 Å². The zero-order valence-corrected chi connectivity index (χ0v) is 13.4. The SMILES string of the molecule is C#CCOCc1ccc(C[NH2+]Cc2cc(C)cc(C)c2)cc1. The van der Waals surface area contributed by atoms with E-state index in [4.69, 9.17) is 11.2 Å². The van der Waals surface area contributed by atoms with E-state index in [0.29, 0.717) is 13.2 Å². The van der Waals surface area contributed by atoms with Crippen LogP contribution in [0.3, 0.4) is 0 Å². The highest BCUT2D eigenvalue weighted by Crippen LogP contribution is 2.08. The molecular weight excluding hydrogens is 270 g/mol. The number of hydrogen-bond acceptors (Lipinski definition) is 1. The Labute approximate surface area is 133 Å². The van der Waals surface area contributed by atoms with Gasteiger partial charge in [0.2, 0.25) is 0 Å². The van der Waals surface area contributed by atoms with Gasteiger partial charge in [0.15, 0.2) is 0 Å². The van der Waals surface area contributed by atoms with E-state index in [1.54, 1.807) is 0 Å². The summed E-state index contributed by atoms with van der Waals surface area (Å²) in [5.74, 6) is 2.47. The molecule has 0 unspecified atom stereocenters. The van der Waals surface area contributed by atoms with Crippen LogP contribution in [-0.2, 0) is 24.4 Å². The van der Waals surface area contributed by atoms with Gasteiger partial charge >= 0.3 is 0 Å². The summed E-state index contributed by atoms with van der Waals surface area (Å²) >= 11 is 0. The van der Waals surface area contributed by atoms with Crippen molar-refractivity contribution in [1.29, 1.82) is 0 Å². The highest BCUT2D eigenvalue weighted by Gasteiger charge is 2.00. The lowest BCUT2D eigenvalue weighted by Gasteiger charge is -2.06. The minimum Gasteiger partial charge on any atom is -0.364 e. The minimum atomic E-state index is 0.367. The zero-order chi connectivity index (χ0) is 15.8. The number of quaternary nitrogens is 1. The van der Waals surface area contributed by atoms with Crippen molar-refractivity contribution >= 4 is 0 Å². The summed E-state index contributed by atoms with van der Waals surface area (Å²) in [7, 11) is 0. The van der Waals surface area contributed by atoms with Crippen molar-refractivity contribution in [3.63, 3.8) is 0 Å². The van der Waals surface area contributed by atoms with Gasteiger partial charge in [0.25, 0.3) is 0 Å². The first-order chi connectivity index (χ1) is 10.7. The molecule has 2 rings (SSSR count). The molecule has 0 radical (unpaired) electrons. The van der Waals surface area contributed by atoms with E-state index in [0.717, 1.165) is 18.7 Å². The summed E-state index contributed by atoms with van der Waals surface area (Å²) in [5.41, 5.74) is 6.54. The topological polar surface area (TPSA) is 25.8 Å². The smallest absolute Gasteiger partial charge is 0.107 e. The normalized spacial score (nSPS) is 10.4. The van der Waals surface area contributed by atoms with Crippen molar-refractivity contribution in [2.75, 3.05) is 6.61 Å². The second-order valence-corrected chi connectivity index (χ2v) is 5.71. The van der Waals surface area contributed by atoms with Crippen LogP contribution in [0.25, 0.3) is 0 Å². The summed E-state index contributed by atoms with van der Waals surface area (Å²) in [4.78, 5) is 0. The van der Waals surface area contributed by atoms with Crippen molar-refractivity contribution in [3.8, 4) is 12.3 Å². The van der Waals surface area contributed by atoms with Gasteiger partial charge in [-0.05, 0) is 19.4 Å². The van der Waals surface area contributed by atoms with Gasteiger partial charge < -0.3 is 10.1 Å². The molecule has 2 aromatic rings. The molecule has 0 aromatic heterocycles. The molecule has 114 valence electrons. The first kappa shape index (κ1) is 16.3. The molecule has 2 nitrogen and oxygen atoms in total. The minimum absolute atomic E-state index is 0.367. The molecule has 0 saturated carbocycles. The molecule has 0 bridgehead atoms. The van der Waals surface area contributed by atoms with Gasteiger partial charge in [-0.2, -0.15) is 0 Å². The van der Waals surface area contributed by atoms with Crippen LogP contribution in [0.4, 0.5) is 0 Å². The van der Waals surface area contributed by atoms with Crippen molar-refractivity contribution in [1.82, 2.24) is 0 Å². The predicted octanol–water partition coefficient (Wildman–Crippen LogP) is 2.72. The summed E-state index contributed by atoms with van der Waals surface area (Å²) in [6, 6.07) is 15.3. The maximum atomic E-state index is 5.33. The van der Waals surface area contributed by atoms with Gasteiger partial charge in [-0.15, -0.1) is 6.42 Å². The fourth-order valence-electron chi connectivity index (χ4n) is 2.59. The quantitative estimate of drug-likeness (QED) is 0.616. The number of terminal acetylenes is 1. The van der Waals surface area contributed by atoms with E-state index in [9.17, 15) is 0 Å². The summed E-state index contributed by atoms with van der Waals surface area (Å²) in [6.07, 6.45) is 5.16. The second-order valence-electron chi connectivity index (χ2n) is 5.71. The van der Waals surface area contributed by atoms with Crippen molar-refractivity contribution in [2.24, 2.45) is 0 Å². The molecule has 0 aliphatic carbocycles. The lowest BCUT2D eigenvalue weighted by Crippen LogP contribution is -2.80. The molecule has 0 aliphatic rings. The maximum absolute atomic E-state index is 5.33. The van der Waals surface area contributed by atoms with E-state index in [1.807, 2.05) is 0 Å². The number of ether oxygens (including phenoxy) is 1. The lowest BCUT2D eigenvalue weighted by molar-refractivity contribution is -0.686. The van der Waals surface area contributed by atoms with E-state index >= 15 is 0 Å². The van der Waals surface area contributed by atoms with Crippen LogP contribution in [0.15, 0.2) is 42.5 Å². The Bertz CT molecular complexity index is 617. The average Bonchev–Trinajstić information content (AvgIpc) is 2.48. The number of hydrogen-bond donors (Lipinski definition) is 1. The Hall–Kier alpha value is -2.08. The van der Waals surface area contributed by atoms with E-state index < -0.39 is 0 Å². The third-order valence-electron chi connectivity index (χ3n) is 3.52. The van der Waals surface area contributed by atoms with E-state index in [2.05, 4.69) is 67.5 Å². The number of rotatable bonds is 7. The molecule has 0 atom stereocenters. The monoisotopic (exact) mass is 294 g/mol. The van der Waals surface area contributed by atoms with Gasteiger partial charge in [0, 0.05) is 11.1 Å². The van der Waals surface area contributed by atoms with Crippen LogP contribution in [0.2, 0.25) is 0 Å². The van der Waals surface area contributed by atoms with E-state index in [-0.39, 0.29) is 0 Å². The maximum Gasteiger partial charge on any atom is 0.107 e. The second kappa shape index (κ2) is 8.38. The molecule has 2 aromatic carbocycles. The Morgan fingerprint density at radius 2 is 1.50 bits per heavy atom. The zero-order valence-electron chi connectivity index (χ0n) is 13.4. The first-order valence-electron chi connectivity index (χ1n) is 7.65. The van der Waals surface area contributed by atoms with Crippen LogP contribution in [-0.4, -0.2) is 6.61 Å². The van der Waals surface area contributed by atoms with Gasteiger partial charge in [-0.25, -0.2) is 0 Å². The van der Waals surface area contributed by atoms with Crippen LogP contribution >= 0.6 is 0 Å². The lowest BCUT2D eigenvalue weighted by atomic mass is 10.1. The van der Waals surface area contributed by atoms with Gasteiger partial charge in [-0.1, -0.05) is 59.5 Å². The van der Waals surface area contributed by atoms with Crippen molar-refractivity contribution in [2.45, 2.75) is 33.5 Å². The molecule has 0 saturated heterocycles. The summed E-state index contributed by atoms with van der Waals surface area (Å²) in [6.45, 7) is 7.24. The number of benzene rings is 2. The van der Waals surface area contributed by atoms with Crippen LogP contribution < -0.4 is 5.32 Å². The Balaban J connectivity index is 1.80. The number of aryl methyl sites for hydroxylation is 2. The molecule has 2 heteroatoms. The predicted molar refractivity (Wildman–Crippen MR) is 90.2 cm³/mol. The highest BCUT2D eigenvalue weighted by molar-refractivity contribution is 5.28. The van der Waals surface area contributed by atoms with Gasteiger partial charge in [0.05, 0.1) is 6.61 Å². The molecule has 0 spiro atoms. The van der Waals surface area contributed by atoms with Crippen LogP contribution in [0.1, 0.15) is 27.8 Å².